The fourth-order valence-corrected chi connectivity index (χ4v) is 2.74. The first-order chi connectivity index (χ1) is 10.8. The molecule has 0 aliphatic carbocycles. The highest BCUT2D eigenvalue weighted by atomic mass is 32.1. The van der Waals surface area contributed by atoms with Gasteiger partial charge >= 0.3 is 0 Å². The molecule has 0 aliphatic heterocycles. The van der Waals surface area contributed by atoms with Crippen LogP contribution in [0.2, 0.25) is 0 Å². The number of rotatable bonds is 5. The van der Waals surface area contributed by atoms with Gasteiger partial charge in [0.05, 0.1) is 11.9 Å². The van der Waals surface area contributed by atoms with Gasteiger partial charge < -0.3 is 0 Å². The molecule has 4 heteroatoms. The van der Waals surface area contributed by atoms with Crippen molar-refractivity contribution < 1.29 is 0 Å². The van der Waals surface area contributed by atoms with Crippen molar-refractivity contribution in [3.05, 3.63) is 71.1 Å². The standard InChI is InChI=1S/C18H17N3S/c1-2-14-8-10-16(11-9-14)17-13-22-18(20-17)21-19-12-15-6-4-3-5-7-15/h3-13H,2H2,1H3,(H,20,21)/b19-12-. The van der Waals surface area contributed by atoms with Crippen molar-refractivity contribution in [3.8, 4) is 11.3 Å². The van der Waals surface area contributed by atoms with Crippen LogP contribution in [0.15, 0.2) is 65.1 Å². The highest BCUT2D eigenvalue weighted by Crippen LogP contribution is 2.25. The second-order valence-electron chi connectivity index (χ2n) is 4.87. The van der Waals surface area contributed by atoms with Gasteiger partial charge in [0.1, 0.15) is 0 Å². The molecule has 0 amide bonds. The van der Waals surface area contributed by atoms with Gasteiger partial charge in [0, 0.05) is 10.9 Å². The maximum atomic E-state index is 4.56. The predicted molar refractivity (Wildman–Crippen MR) is 94.6 cm³/mol. The first-order valence-corrected chi connectivity index (χ1v) is 8.12. The molecule has 0 bridgehead atoms. The molecule has 0 saturated heterocycles. The molecule has 0 spiro atoms. The van der Waals surface area contributed by atoms with Crippen LogP contribution in [0.3, 0.4) is 0 Å². The van der Waals surface area contributed by atoms with Crippen molar-refractivity contribution in [2.24, 2.45) is 5.10 Å². The molecule has 0 unspecified atom stereocenters. The van der Waals surface area contributed by atoms with E-state index in [0.717, 1.165) is 28.4 Å². The maximum Gasteiger partial charge on any atom is 0.203 e. The summed E-state index contributed by atoms with van der Waals surface area (Å²) in [7, 11) is 0. The molecule has 1 aromatic heterocycles. The lowest BCUT2D eigenvalue weighted by molar-refractivity contribution is 1.14. The number of hydrogen-bond donors (Lipinski definition) is 1. The number of aromatic nitrogens is 1. The Morgan fingerprint density at radius 3 is 2.59 bits per heavy atom. The number of hydrazone groups is 1. The van der Waals surface area contributed by atoms with Crippen molar-refractivity contribution in [2.45, 2.75) is 13.3 Å². The van der Waals surface area contributed by atoms with E-state index < -0.39 is 0 Å². The Morgan fingerprint density at radius 2 is 1.86 bits per heavy atom. The summed E-state index contributed by atoms with van der Waals surface area (Å²) in [4.78, 5) is 4.56. The number of nitrogens with zero attached hydrogens (tertiary/aromatic N) is 2. The van der Waals surface area contributed by atoms with E-state index in [1.165, 1.54) is 5.56 Å². The Morgan fingerprint density at radius 1 is 1.09 bits per heavy atom. The maximum absolute atomic E-state index is 4.56. The number of aryl methyl sites for hydroxylation is 1. The molecular formula is C18H17N3S. The van der Waals surface area contributed by atoms with Crippen molar-refractivity contribution in [2.75, 3.05) is 5.43 Å². The van der Waals surface area contributed by atoms with E-state index in [1.807, 2.05) is 35.7 Å². The highest BCUT2D eigenvalue weighted by Gasteiger charge is 2.03. The third-order valence-corrected chi connectivity index (χ3v) is 4.08. The minimum Gasteiger partial charge on any atom is -0.253 e. The van der Waals surface area contributed by atoms with Gasteiger partial charge in [-0.2, -0.15) is 5.10 Å². The van der Waals surface area contributed by atoms with Crippen LogP contribution in [0, 0.1) is 0 Å². The SMILES string of the molecule is CCc1ccc(-c2csc(N/N=C\c3ccccc3)n2)cc1. The molecular weight excluding hydrogens is 290 g/mol. The smallest absolute Gasteiger partial charge is 0.203 e. The fraction of sp³-hybridized carbons (Fsp3) is 0.111. The van der Waals surface area contributed by atoms with E-state index in [1.54, 1.807) is 17.6 Å². The summed E-state index contributed by atoms with van der Waals surface area (Å²) in [5.74, 6) is 0. The van der Waals surface area contributed by atoms with Crippen LogP contribution < -0.4 is 5.43 Å². The summed E-state index contributed by atoms with van der Waals surface area (Å²) < 4.78 is 0. The summed E-state index contributed by atoms with van der Waals surface area (Å²) in [5, 5.41) is 7.06. The summed E-state index contributed by atoms with van der Waals surface area (Å²) >= 11 is 1.55. The van der Waals surface area contributed by atoms with E-state index >= 15 is 0 Å². The van der Waals surface area contributed by atoms with Crippen LogP contribution in [0.4, 0.5) is 5.13 Å². The Kier molecular flexibility index (Phi) is 4.61. The van der Waals surface area contributed by atoms with E-state index in [9.17, 15) is 0 Å². The Balaban J connectivity index is 1.67. The summed E-state index contributed by atoms with van der Waals surface area (Å²) in [5.41, 5.74) is 7.49. The largest absolute Gasteiger partial charge is 0.253 e. The van der Waals surface area contributed by atoms with Gasteiger partial charge in [-0.05, 0) is 17.5 Å². The molecule has 0 aliphatic rings. The summed E-state index contributed by atoms with van der Waals surface area (Å²) in [6, 6.07) is 18.5. The highest BCUT2D eigenvalue weighted by molar-refractivity contribution is 7.14. The van der Waals surface area contributed by atoms with E-state index in [4.69, 9.17) is 0 Å². The van der Waals surface area contributed by atoms with Gasteiger partial charge in [0.15, 0.2) is 0 Å². The monoisotopic (exact) mass is 307 g/mol. The topological polar surface area (TPSA) is 37.3 Å². The number of thiazole rings is 1. The van der Waals surface area contributed by atoms with Crippen molar-refractivity contribution in [1.29, 1.82) is 0 Å². The number of benzene rings is 2. The molecule has 1 heterocycles. The average molecular weight is 307 g/mol. The van der Waals surface area contributed by atoms with Crippen LogP contribution in [-0.4, -0.2) is 11.2 Å². The summed E-state index contributed by atoms with van der Waals surface area (Å²) in [6.45, 7) is 2.16. The normalized spacial score (nSPS) is 11.0. The van der Waals surface area contributed by atoms with Crippen molar-refractivity contribution in [3.63, 3.8) is 0 Å². The zero-order valence-corrected chi connectivity index (χ0v) is 13.2. The van der Waals surface area contributed by atoms with Gasteiger partial charge in [-0.15, -0.1) is 11.3 Å². The molecule has 3 aromatic rings. The second-order valence-corrected chi connectivity index (χ2v) is 5.73. The number of hydrogen-bond acceptors (Lipinski definition) is 4. The molecule has 1 N–H and O–H groups in total. The van der Waals surface area contributed by atoms with Gasteiger partial charge in [0.25, 0.3) is 0 Å². The van der Waals surface area contributed by atoms with Gasteiger partial charge in [0.2, 0.25) is 5.13 Å². The zero-order chi connectivity index (χ0) is 15.2. The number of nitrogens with one attached hydrogen (secondary N) is 1. The minimum absolute atomic E-state index is 0.793. The molecule has 3 rings (SSSR count). The van der Waals surface area contributed by atoms with E-state index in [0.29, 0.717) is 0 Å². The molecule has 0 atom stereocenters. The van der Waals surface area contributed by atoms with Crippen LogP contribution >= 0.6 is 11.3 Å². The van der Waals surface area contributed by atoms with Crippen LogP contribution in [-0.2, 0) is 6.42 Å². The van der Waals surface area contributed by atoms with Gasteiger partial charge in [-0.3, -0.25) is 5.43 Å². The van der Waals surface area contributed by atoms with Gasteiger partial charge in [-0.25, -0.2) is 4.98 Å². The quantitative estimate of drug-likeness (QED) is 0.542. The first kappa shape index (κ1) is 14.5. The van der Waals surface area contributed by atoms with E-state index in [2.05, 4.69) is 46.7 Å². The van der Waals surface area contributed by atoms with Crippen LogP contribution in [0.25, 0.3) is 11.3 Å². The predicted octanol–water partition coefficient (Wildman–Crippen LogP) is 4.82. The molecule has 0 radical (unpaired) electrons. The number of anilines is 1. The third-order valence-electron chi connectivity index (χ3n) is 3.34. The molecule has 2 aromatic carbocycles. The van der Waals surface area contributed by atoms with Crippen LogP contribution in [0.1, 0.15) is 18.1 Å². The lowest BCUT2D eigenvalue weighted by Gasteiger charge is -1.99. The molecule has 0 saturated carbocycles. The lowest BCUT2D eigenvalue weighted by atomic mass is 10.1. The zero-order valence-electron chi connectivity index (χ0n) is 12.4. The average Bonchev–Trinajstić information content (AvgIpc) is 3.05. The summed E-state index contributed by atoms with van der Waals surface area (Å²) in [6.07, 6.45) is 2.84. The Bertz CT molecular complexity index is 746. The minimum atomic E-state index is 0.793. The van der Waals surface area contributed by atoms with Crippen LogP contribution in [0.5, 0.6) is 0 Å². The molecule has 110 valence electrons. The molecule has 3 nitrogen and oxygen atoms in total. The fourth-order valence-electron chi connectivity index (χ4n) is 2.07. The first-order valence-electron chi connectivity index (χ1n) is 7.24. The Hall–Kier alpha value is -2.46. The second kappa shape index (κ2) is 7.00. The third kappa shape index (κ3) is 3.59. The van der Waals surface area contributed by atoms with Crippen molar-refractivity contribution >= 4 is 22.7 Å². The van der Waals surface area contributed by atoms with Crippen molar-refractivity contribution in [1.82, 2.24) is 4.98 Å². The van der Waals surface area contributed by atoms with E-state index in [-0.39, 0.29) is 0 Å². The molecule has 0 fully saturated rings. The lowest BCUT2D eigenvalue weighted by Crippen LogP contribution is -1.90. The molecule has 22 heavy (non-hydrogen) atoms. The Labute approximate surface area is 134 Å². The van der Waals surface area contributed by atoms with Gasteiger partial charge in [-0.1, -0.05) is 61.5 Å².